The van der Waals surface area contributed by atoms with Crippen molar-refractivity contribution in [3.8, 4) is 0 Å². The molecule has 0 fully saturated rings. The highest BCUT2D eigenvalue weighted by molar-refractivity contribution is 6.29. The molecule has 0 aliphatic heterocycles. The van der Waals surface area contributed by atoms with Gasteiger partial charge in [0, 0.05) is 11.5 Å². The van der Waals surface area contributed by atoms with E-state index in [1.807, 2.05) is 0 Å². The summed E-state index contributed by atoms with van der Waals surface area (Å²) < 4.78 is 4.93. The summed E-state index contributed by atoms with van der Waals surface area (Å²) in [6, 6.07) is 7.62. The Morgan fingerprint density at radius 2 is 2.00 bits per heavy atom. The van der Waals surface area contributed by atoms with Gasteiger partial charge in [-0.25, -0.2) is 4.79 Å². The highest BCUT2D eigenvalue weighted by Crippen LogP contribution is 2.24. The second-order valence-electron chi connectivity index (χ2n) is 3.25. The third-order valence-corrected chi connectivity index (χ3v) is 2.60. The summed E-state index contributed by atoms with van der Waals surface area (Å²) >= 11 is 5.66. The Morgan fingerprint density at radius 1 is 1.31 bits per heavy atom. The van der Waals surface area contributed by atoms with Crippen LogP contribution in [-0.2, 0) is 4.79 Å². The first kappa shape index (κ1) is 10.7. The van der Waals surface area contributed by atoms with Crippen LogP contribution in [0.15, 0.2) is 39.5 Å². The number of carboxylic acids is 1. The molecule has 1 atom stereocenters. The molecule has 0 spiro atoms. The van der Waals surface area contributed by atoms with E-state index in [1.165, 1.54) is 12.1 Å². The van der Waals surface area contributed by atoms with Gasteiger partial charge in [-0.3, -0.25) is 4.79 Å². The monoisotopic (exact) mass is 238 g/mol. The van der Waals surface area contributed by atoms with Gasteiger partial charge < -0.3 is 9.52 Å². The van der Waals surface area contributed by atoms with Crippen LogP contribution in [0.2, 0.25) is 0 Å². The molecule has 4 nitrogen and oxygen atoms in total. The van der Waals surface area contributed by atoms with Crippen molar-refractivity contribution in [1.29, 1.82) is 0 Å². The zero-order valence-corrected chi connectivity index (χ0v) is 8.77. The van der Waals surface area contributed by atoms with Crippen LogP contribution >= 0.6 is 11.6 Å². The van der Waals surface area contributed by atoms with E-state index in [0.717, 1.165) is 5.39 Å². The summed E-state index contributed by atoms with van der Waals surface area (Å²) in [5, 5.41) is 8.31. The van der Waals surface area contributed by atoms with E-state index in [-0.39, 0.29) is 0 Å². The number of halogens is 1. The Kier molecular flexibility index (Phi) is 2.66. The van der Waals surface area contributed by atoms with Crippen LogP contribution < -0.4 is 5.63 Å². The first-order valence-corrected chi connectivity index (χ1v) is 4.92. The molecule has 0 saturated carbocycles. The fraction of sp³-hybridized carbons (Fsp3) is 0.0909. The molecule has 0 bridgehead atoms. The fourth-order valence-electron chi connectivity index (χ4n) is 1.38. The topological polar surface area (TPSA) is 67.5 Å². The van der Waals surface area contributed by atoms with Gasteiger partial charge in [-0.1, -0.05) is 12.1 Å². The van der Waals surface area contributed by atoms with E-state index in [1.54, 1.807) is 18.2 Å². The lowest BCUT2D eigenvalue weighted by molar-refractivity contribution is -0.136. The number of hydrogen-bond acceptors (Lipinski definition) is 3. The minimum atomic E-state index is -1.14. The normalized spacial score (nSPS) is 12.6. The van der Waals surface area contributed by atoms with E-state index in [0.29, 0.717) is 11.1 Å². The van der Waals surface area contributed by atoms with Gasteiger partial charge >= 0.3 is 11.6 Å². The Labute approximate surface area is 95.1 Å². The number of benzene rings is 1. The molecule has 0 amide bonds. The molecule has 2 aromatic rings. The van der Waals surface area contributed by atoms with Gasteiger partial charge in [-0.2, -0.15) is 0 Å². The molecule has 1 N–H and O–H groups in total. The molecule has 2 rings (SSSR count). The predicted molar refractivity (Wildman–Crippen MR) is 58.7 cm³/mol. The summed E-state index contributed by atoms with van der Waals surface area (Å²) in [5.41, 5.74) is 0.235. The van der Waals surface area contributed by atoms with Gasteiger partial charge in [-0.05, 0) is 17.7 Å². The van der Waals surface area contributed by atoms with Gasteiger partial charge in [0.1, 0.15) is 5.58 Å². The molecular weight excluding hydrogens is 232 g/mol. The molecule has 0 radical (unpaired) electrons. The Morgan fingerprint density at radius 3 is 2.69 bits per heavy atom. The summed E-state index contributed by atoms with van der Waals surface area (Å²) in [6.45, 7) is 0. The predicted octanol–water partition coefficient (Wildman–Crippen LogP) is 2.16. The molecule has 1 heterocycles. The zero-order chi connectivity index (χ0) is 11.7. The van der Waals surface area contributed by atoms with E-state index in [9.17, 15) is 9.59 Å². The largest absolute Gasteiger partial charge is 0.480 e. The molecule has 5 heteroatoms. The molecular formula is C11H7ClO4. The van der Waals surface area contributed by atoms with Gasteiger partial charge in [0.25, 0.3) is 0 Å². The van der Waals surface area contributed by atoms with Crippen LogP contribution in [0.25, 0.3) is 11.0 Å². The van der Waals surface area contributed by atoms with E-state index in [2.05, 4.69) is 0 Å². The average Bonchev–Trinajstić information content (AvgIpc) is 2.26. The Hall–Kier alpha value is -1.81. The molecule has 0 aliphatic carbocycles. The number of alkyl halides is 1. The third kappa shape index (κ3) is 1.92. The maximum Gasteiger partial charge on any atom is 0.336 e. The SMILES string of the molecule is O=C(O)C(Cl)c1ccc2ccc(=O)oc2c1. The highest BCUT2D eigenvalue weighted by atomic mass is 35.5. The van der Waals surface area contributed by atoms with Crippen molar-refractivity contribution in [1.82, 2.24) is 0 Å². The second-order valence-corrected chi connectivity index (χ2v) is 3.69. The van der Waals surface area contributed by atoms with Crippen LogP contribution in [0.5, 0.6) is 0 Å². The van der Waals surface area contributed by atoms with Crippen LogP contribution in [0.4, 0.5) is 0 Å². The number of rotatable bonds is 2. The average molecular weight is 239 g/mol. The lowest BCUT2D eigenvalue weighted by Gasteiger charge is -2.04. The Bertz CT molecular complexity index is 602. The first-order chi connectivity index (χ1) is 7.58. The zero-order valence-electron chi connectivity index (χ0n) is 8.01. The third-order valence-electron chi connectivity index (χ3n) is 2.16. The quantitative estimate of drug-likeness (QED) is 0.643. The van der Waals surface area contributed by atoms with Gasteiger partial charge in [0.15, 0.2) is 5.38 Å². The summed E-state index contributed by atoms with van der Waals surface area (Å²) in [6.07, 6.45) is 0. The Balaban J connectivity index is 2.59. The molecule has 1 aromatic heterocycles. The number of fused-ring (bicyclic) bond motifs is 1. The highest BCUT2D eigenvalue weighted by Gasteiger charge is 2.16. The molecule has 82 valence electrons. The van der Waals surface area contributed by atoms with Crippen LogP contribution in [0, 0.1) is 0 Å². The molecule has 1 unspecified atom stereocenters. The van der Waals surface area contributed by atoms with E-state index >= 15 is 0 Å². The summed E-state index contributed by atoms with van der Waals surface area (Å²) in [7, 11) is 0. The van der Waals surface area contributed by atoms with Crippen LogP contribution in [-0.4, -0.2) is 11.1 Å². The first-order valence-electron chi connectivity index (χ1n) is 4.48. The number of aliphatic carboxylic acids is 1. The maximum absolute atomic E-state index is 11.0. The van der Waals surface area contributed by atoms with Gasteiger partial charge in [0.05, 0.1) is 0 Å². The van der Waals surface area contributed by atoms with Gasteiger partial charge in [0.2, 0.25) is 0 Å². The van der Waals surface area contributed by atoms with Crippen molar-refractivity contribution < 1.29 is 14.3 Å². The standard InChI is InChI=1S/C11H7ClO4/c12-10(11(14)15)7-2-1-6-3-4-9(13)16-8(6)5-7/h1-5,10H,(H,14,15). The van der Waals surface area contributed by atoms with Crippen molar-refractivity contribution >= 4 is 28.5 Å². The van der Waals surface area contributed by atoms with Crippen LogP contribution in [0.3, 0.4) is 0 Å². The summed E-state index contributed by atoms with van der Waals surface area (Å²) in [5.74, 6) is -1.14. The minimum Gasteiger partial charge on any atom is -0.480 e. The van der Waals surface area contributed by atoms with Crippen molar-refractivity contribution in [2.75, 3.05) is 0 Å². The summed E-state index contributed by atoms with van der Waals surface area (Å²) in [4.78, 5) is 21.7. The van der Waals surface area contributed by atoms with Crippen LogP contribution in [0.1, 0.15) is 10.9 Å². The minimum absolute atomic E-state index is 0.330. The molecule has 16 heavy (non-hydrogen) atoms. The van der Waals surface area contributed by atoms with Crippen molar-refractivity contribution in [3.05, 3.63) is 46.3 Å². The van der Waals surface area contributed by atoms with Crippen molar-refractivity contribution in [3.63, 3.8) is 0 Å². The fourth-order valence-corrected chi connectivity index (χ4v) is 1.51. The van der Waals surface area contributed by atoms with Crippen molar-refractivity contribution in [2.45, 2.75) is 5.38 Å². The number of hydrogen-bond donors (Lipinski definition) is 1. The van der Waals surface area contributed by atoms with E-state index in [4.69, 9.17) is 21.1 Å². The maximum atomic E-state index is 11.0. The number of carbonyl (C=O) groups is 1. The second kappa shape index (κ2) is 3.98. The lowest BCUT2D eigenvalue weighted by Crippen LogP contribution is -2.05. The smallest absolute Gasteiger partial charge is 0.336 e. The van der Waals surface area contributed by atoms with Crippen molar-refractivity contribution in [2.24, 2.45) is 0 Å². The van der Waals surface area contributed by atoms with E-state index < -0.39 is 17.0 Å². The number of carboxylic acid groups (broad SMARTS) is 1. The van der Waals surface area contributed by atoms with Gasteiger partial charge in [-0.15, -0.1) is 11.6 Å². The molecule has 1 aromatic carbocycles. The molecule has 0 saturated heterocycles. The molecule has 0 aliphatic rings. The lowest BCUT2D eigenvalue weighted by atomic mass is 10.1.